The molecule has 2 N–H and O–H groups in total. The first-order chi connectivity index (χ1) is 7.27. The topological polar surface area (TPSA) is 63.0 Å². The van der Waals surface area contributed by atoms with E-state index in [9.17, 15) is 5.11 Å². The molecule has 1 aromatic rings. The molecular formula is C10H20N4O. The summed E-state index contributed by atoms with van der Waals surface area (Å²) in [5.74, 6) is 0.850. The van der Waals surface area contributed by atoms with Crippen molar-refractivity contribution in [3.05, 3.63) is 12.2 Å². The van der Waals surface area contributed by atoms with Crippen molar-refractivity contribution in [2.45, 2.75) is 39.3 Å². The van der Waals surface area contributed by atoms with Gasteiger partial charge in [-0.15, -0.1) is 0 Å². The van der Waals surface area contributed by atoms with E-state index in [4.69, 9.17) is 0 Å². The Morgan fingerprint density at radius 3 is 3.00 bits per heavy atom. The fraction of sp³-hybridized carbons (Fsp3) is 0.800. The highest BCUT2D eigenvalue weighted by atomic mass is 16.3. The average Bonchev–Trinajstić information content (AvgIpc) is 2.65. The Kier molecular flexibility index (Phi) is 5.28. The summed E-state index contributed by atoms with van der Waals surface area (Å²) >= 11 is 0. The van der Waals surface area contributed by atoms with Crippen LogP contribution < -0.4 is 5.32 Å². The van der Waals surface area contributed by atoms with Crippen LogP contribution in [0.5, 0.6) is 0 Å². The molecule has 0 aromatic carbocycles. The van der Waals surface area contributed by atoms with Crippen molar-refractivity contribution in [1.82, 2.24) is 20.1 Å². The number of aryl methyl sites for hydroxylation is 1. The molecule has 1 heterocycles. The lowest BCUT2D eigenvalue weighted by molar-refractivity contribution is 0.168. The van der Waals surface area contributed by atoms with Crippen LogP contribution in [0.25, 0.3) is 0 Å². The van der Waals surface area contributed by atoms with Gasteiger partial charge in [-0.25, -0.2) is 4.98 Å². The van der Waals surface area contributed by atoms with Gasteiger partial charge in [-0.2, -0.15) is 5.10 Å². The highest BCUT2D eigenvalue weighted by Gasteiger charge is 2.09. The molecule has 1 rings (SSSR count). The maximum atomic E-state index is 9.72. The molecule has 86 valence electrons. The molecule has 0 spiro atoms. The second-order valence-corrected chi connectivity index (χ2v) is 3.55. The zero-order valence-corrected chi connectivity index (χ0v) is 9.48. The van der Waals surface area contributed by atoms with E-state index in [2.05, 4.69) is 22.3 Å². The quantitative estimate of drug-likeness (QED) is 0.634. The van der Waals surface area contributed by atoms with Crippen molar-refractivity contribution in [1.29, 1.82) is 0 Å². The van der Waals surface area contributed by atoms with Gasteiger partial charge in [0.2, 0.25) is 0 Å². The minimum atomic E-state index is -0.383. The fourth-order valence-electron chi connectivity index (χ4n) is 1.44. The lowest BCUT2D eigenvalue weighted by atomic mass is 10.2. The molecule has 15 heavy (non-hydrogen) atoms. The van der Waals surface area contributed by atoms with Crippen LogP contribution in [0, 0.1) is 0 Å². The van der Waals surface area contributed by atoms with Crippen LogP contribution in [0.3, 0.4) is 0 Å². The molecule has 0 fully saturated rings. The summed E-state index contributed by atoms with van der Waals surface area (Å²) in [4.78, 5) is 4.12. The summed E-state index contributed by atoms with van der Waals surface area (Å²) in [7, 11) is 0. The van der Waals surface area contributed by atoms with Crippen LogP contribution >= 0.6 is 0 Å². The van der Waals surface area contributed by atoms with Crippen molar-refractivity contribution in [3.63, 3.8) is 0 Å². The average molecular weight is 212 g/mol. The number of rotatable bonds is 7. The second-order valence-electron chi connectivity index (χ2n) is 3.55. The van der Waals surface area contributed by atoms with Gasteiger partial charge in [0.05, 0.1) is 6.10 Å². The van der Waals surface area contributed by atoms with Crippen LogP contribution in [-0.4, -0.2) is 39.1 Å². The third-order valence-electron chi connectivity index (χ3n) is 2.22. The molecule has 0 bridgehead atoms. The summed E-state index contributed by atoms with van der Waals surface area (Å²) in [6.07, 6.45) is 2.79. The molecular weight excluding hydrogens is 192 g/mol. The highest BCUT2D eigenvalue weighted by molar-refractivity contribution is 4.87. The van der Waals surface area contributed by atoms with Crippen molar-refractivity contribution >= 4 is 0 Å². The van der Waals surface area contributed by atoms with Gasteiger partial charge in [0.15, 0.2) is 0 Å². The normalized spacial score (nSPS) is 13.0. The molecule has 5 nitrogen and oxygen atoms in total. The third kappa shape index (κ3) is 3.97. The summed E-state index contributed by atoms with van der Waals surface area (Å²) in [6, 6.07) is 0. The third-order valence-corrected chi connectivity index (χ3v) is 2.22. The van der Waals surface area contributed by atoms with E-state index in [1.165, 1.54) is 6.33 Å². The predicted octanol–water partition coefficient (Wildman–Crippen LogP) is 0.201. The number of nitrogens with one attached hydrogen (secondary N) is 1. The lowest BCUT2D eigenvalue weighted by Gasteiger charge is -2.11. The van der Waals surface area contributed by atoms with Crippen LogP contribution in [0.2, 0.25) is 0 Å². The van der Waals surface area contributed by atoms with Crippen molar-refractivity contribution in [2.24, 2.45) is 0 Å². The van der Waals surface area contributed by atoms with E-state index < -0.39 is 0 Å². The summed E-state index contributed by atoms with van der Waals surface area (Å²) in [5.41, 5.74) is 0. The Bertz CT molecular complexity index is 274. The molecule has 5 heteroatoms. The zero-order chi connectivity index (χ0) is 11.1. The van der Waals surface area contributed by atoms with Crippen LogP contribution in [0.4, 0.5) is 0 Å². The Hall–Kier alpha value is -0.940. The van der Waals surface area contributed by atoms with E-state index in [1.807, 2.05) is 11.6 Å². The van der Waals surface area contributed by atoms with Crippen molar-refractivity contribution in [2.75, 3.05) is 13.1 Å². The van der Waals surface area contributed by atoms with E-state index in [1.54, 1.807) is 0 Å². The Balaban J connectivity index is 2.33. The van der Waals surface area contributed by atoms with E-state index >= 15 is 0 Å². The molecule has 0 saturated carbocycles. The van der Waals surface area contributed by atoms with Crippen LogP contribution in [0.1, 0.15) is 26.1 Å². The highest BCUT2D eigenvalue weighted by Crippen LogP contribution is 1.98. The molecule has 0 aliphatic heterocycles. The maximum Gasteiger partial charge on any atom is 0.138 e. The van der Waals surface area contributed by atoms with Gasteiger partial charge in [-0.05, 0) is 19.9 Å². The molecule has 1 unspecified atom stereocenters. The molecule has 0 radical (unpaired) electrons. The van der Waals surface area contributed by atoms with Crippen LogP contribution in [0.15, 0.2) is 6.33 Å². The fourth-order valence-corrected chi connectivity index (χ4v) is 1.44. The van der Waals surface area contributed by atoms with E-state index in [-0.39, 0.29) is 6.10 Å². The van der Waals surface area contributed by atoms with Crippen molar-refractivity contribution in [3.8, 4) is 0 Å². The predicted molar refractivity (Wildman–Crippen MR) is 58.6 cm³/mol. The monoisotopic (exact) mass is 212 g/mol. The van der Waals surface area contributed by atoms with Gasteiger partial charge in [0.25, 0.3) is 0 Å². The summed E-state index contributed by atoms with van der Waals surface area (Å²) in [5, 5.41) is 17.0. The van der Waals surface area contributed by atoms with Crippen LogP contribution in [-0.2, 0) is 13.0 Å². The first kappa shape index (κ1) is 12.1. The molecule has 0 aliphatic carbocycles. The van der Waals surface area contributed by atoms with Gasteiger partial charge in [0, 0.05) is 19.5 Å². The number of hydrogen-bond donors (Lipinski definition) is 2. The second kappa shape index (κ2) is 6.53. The number of aliphatic hydroxyl groups is 1. The molecule has 1 aromatic heterocycles. The Morgan fingerprint density at radius 2 is 2.33 bits per heavy atom. The first-order valence-electron chi connectivity index (χ1n) is 5.53. The Morgan fingerprint density at radius 1 is 1.53 bits per heavy atom. The minimum Gasteiger partial charge on any atom is -0.391 e. The molecule has 1 atom stereocenters. The van der Waals surface area contributed by atoms with Gasteiger partial charge in [0.1, 0.15) is 12.2 Å². The number of aromatic nitrogens is 3. The van der Waals surface area contributed by atoms with Gasteiger partial charge in [-0.3, -0.25) is 4.68 Å². The number of aliphatic hydroxyl groups excluding tert-OH is 1. The largest absolute Gasteiger partial charge is 0.391 e. The molecule has 0 aliphatic rings. The molecule has 0 amide bonds. The minimum absolute atomic E-state index is 0.383. The first-order valence-corrected chi connectivity index (χ1v) is 5.53. The van der Waals surface area contributed by atoms with Gasteiger partial charge < -0.3 is 10.4 Å². The smallest absolute Gasteiger partial charge is 0.138 e. The molecule has 0 saturated heterocycles. The van der Waals surface area contributed by atoms with Gasteiger partial charge >= 0.3 is 0 Å². The Labute approximate surface area is 90.5 Å². The SMILES string of the molecule is CCCNCC(O)Cc1ncnn1CC. The standard InChI is InChI=1S/C10H20N4O/c1-3-5-11-7-9(15)6-10-12-8-13-14(10)4-2/h8-9,11,15H,3-7H2,1-2H3. The van der Waals surface area contributed by atoms with Crippen molar-refractivity contribution < 1.29 is 5.11 Å². The summed E-state index contributed by atoms with van der Waals surface area (Å²) < 4.78 is 1.81. The van der Waals surface area contributed by atoms with E-state index in [0.717, 1.165) is 25.3 Å². The maximum absolute atomic E-state index is 9.72. The number of hydrogen-bond acceptors (Lipinski definition) is 4. The summed E-state index contributed by atoms with van der Waals surface area (Å²) in [6.45, 7) is 6.47. The lowest BCUT2D eigenvalue weighted by Crippen LogP contribution is -2.29. The number of nitrogens with zero attached hydrogens (tertiary/aromatic N) is 3. The van der Waals surface area contributed by atoms with Gasteiger partial charge in [-0.1, -0.05) is 6.92 Å². The zero-order valence-electron chi connectivity index (χ0n) is 9.48. The van der Waals surface area contributed by atoms with E-state index in [0.29, 0.717) is 13.0 Å².